The van der Waals surface area contributed by atoms with Crippen molar-refractivity contribution >= 4 is 6.09 Å². The van der Waals surface area contributed by atoms with Crippen molar-refractivity contribution < 1.29 is 24.0 Å². The molecular formula is C11H24N2O5. The Morgan fingerprint density at radius 1 is 1.11 bits per heavy atom. The van der Waals surface area contributed by atoms with Crippen molar-refractivity contribution in [2.24, 2.45) is 0 Å². The summed E-state index contributed by atoms with van der Waals surface area (Å²) in [5.74, 6) is 0. The van der Waals surface area contributed by atoms with Gasteiger partial charge in [0, 0.05) is 6.61 Å². The summed E-state index contributed by atoms with van der Waals surface area (Å²) >= 11 is 0. The standard InChI is InChI=1S/C11H24N2O5/c1-3-5-6-16-11(14)13-9-12-10-18-17-8-7-15-4-2/h12H,3-10H2,1-2H3,(H,13,14). The molecule has 18 heavy (non-hydrogen) atoms. The Morgan fingerprint density at radius 3 is 2.67 bits per heavy atom. The zero-order valence-electron chi connectivity index (χ0n) is 11.2. The van der Waals surface area contributed by atoms with Gasteiger partial charge in [0.25, 0.3) is 0 Å². The molecule has 0 aliphatic carbocycles. The second kappa shape index (κ2) is 14.2. The Kier molecular flexibility index (Phi) is 13.5. The number of rotatable bonds is 12. The number of carbonyl (C=O) groups is 1. The molecule has 108 valence electrons. The van der Waals surface area contributed by atoms with Gasteiger partial charge in [0.15, 0.2) is 0 Å². The number of hydrogen-bond donors (Lipinski definition) is 2. The van der Waals surface area contributed by atoms with Crippen LogP contribution in [0.2, 0.25) is 0 Å². The summed E-state index contributed by atoms with van der Waals surface area (Å²) in [6, 6.07) is 0. The van der Waals surface area contributed by atoms with Crippen molar-refractivity contribution in [2.75, 3.05) is 39.8 Å². The topological polar surface area (TPSA) is 78.1 Å². The van der Waals surface area contributed by atoms with Gasteiger partial charge >= 0.3 is 6.09 Å². The lowest BCUT2D eigenvalue weighted by atomic mass is 10.4. The SMILES string of the molecule is CCCCOC(=O)NCNCOOCCOCC. The molecule has 0 rings (SSSR count). The number of hydrogen-bond acceptors (Lipinski definition) is 6. The van der Waals surface area contributed by atoms with Crippen molar-refractivity contribution in [3.8, 4) is 0 Å². The second-order valence-corrected chi connectivity index (χ2v) is 3.37. The summed E-state index contributed by atoms with van der Waals surface area (Å²) in [5.41, 5.74) is 0. The Labute approximate surface area is 108 Å². The molecule has 0 saturated heterocycles. The average Bonchev–Trinajstić information content (AvgIpc) is 2.37. The summed E-state index contributed by atoms with van der Waals surface area (Å²) in [5, 5.41) is 5.32. The molecule has 0 unspecified atom stereocenters. The molecule has 0 aromatic carbocycles. The highest BCUT2D eigenvalue weighted by Gasteiger charge is 1.99. The molecule has 0 atom stereocenters. The highest BCUT2D eigenvalue weighted by Crippen LogP contribution is 1.87. The summed E-state index contributed by atoms with van der Waals surface area (Å²) in [6.07, 6.45) is 1.43. The van der Waals surface area contributed by atoms with Gasteiger partial charge in [-0.1, -0.05) is 13.3 Å². The quantitative estimate of drug-likeness (QED) is 0.237. The fourth-order valence-corrected chi connectivity index (χ4v) is 0.925. The molecule has 2 N–H and O–H groups in total. The van der Waals surface area contributed by atoms with Crippen LogP contribution >= 0.6 is 0 Å². The number of alkyl carbamates (subject to hydrolysis) is 1. The Morgan fingerprint density at radius 2 is 1.94 bits per heavy atom. The highest BCUT2D eigenvalue weighted by molar-refractivity contribution is 5.66. The van der Waals surface area contributed by atoms with Gasteiger partial charge < -0.3 is 14.8 Å². The van der Waals surface area contributed by atoms with Gasteiger partial charge in [0.2, 0.25) is 0 Å². The molecule has 0 bridgehead atoms. The van der Waals surface area contributed by atoms with E-state index in [4.69, 9.17) is 19.2 Å². The maximum atomic E-state index is 11.1. The van der Waals surface area contributed by atoms with Gasteiger partial charge in [-0.25, -0.2) is 14.6 Å². The zero-order valence-corrected chi connectivity index (χ0v) is 11.2. The summed E-state index contributed by atoms with van der Waals surface area (Å²) in [7, 11) is 0. The first-order valence-corrected chi connectivity index (χ1v) is 6.24. The fraction of sp³-hybridized carbons (Fsp3) is 0.909. The van der Waals surface area contributed by atoms with E-state index in [1.807, 2.05) is 13.8 Å². The molecule has 7 nitrogen and oxygen atoms in total. The van der Waals surface area contributed by atoms with Gasteiger partial charge in [-0.3, -0.25) is 5.32 Å². The first kappa shape index (κ1) is 17.1. The van der Waals surface area contributed by atoms with Crippen LogP contribution in [-0.2, 0) is 19.2 Å². The van der Waals surface area contributed by atoms with Crippen LogP contribution in [0.4, 0.5) is 4.79 Å². The number of unbranched alkanes of at least 4 members (excludes halogenated alkanes) is 1. The van der Waals surface area contributed by atoms with Crippen molar-refractivity contribution in [2.45, 2.75) is 26.7 Å². The Bertz CT molecular complexity index is 192. The molecular weight excluding hydrogens is 240 g/mol. The number of amides is 1. The number of carbonyl (C=O) groups excluding carboxylic acids is 1. The third kappa shape index (κ3) is 13.2. The Balaban J connectivity index is 3.08. The van der Waals surface area contributed by atoms with Crippen LogP contribution in [-0.4, -0.2) is 45.9 Å². The van der Waals surface area contributed by atoms with E-state index in [1.54, 1.807) is 0 Å². The Hall–Kier alpha value is -0.890. The molecule has 0 saturated carbocycles. The number of nitrogens with one attached hydrogen (secondary N) is 2. The third-order valence-electron chi connectivity index (χ3n) is 1.85. The molecule has 0 aliphatic heterocycles. The minimum absolute atomic E-state index is 0.182. The normalized spacial score (nSPS) is 10.3. The summed E-state index contributed by atoms with van der Waals surface area (Å²) in [4.78, 5) is 20.6. The predicted molar refractivity (Wildman–Crippen MR) is 65.8 cm³/mol. The lowest BCUT2D eigenvalue weighted by molar-refractivity contribution is -0.303. The highest BCUT2D eigenvalue weighted by atomic mass is 17.2. The van der Waals surface area contributed by atoms with E-state index >= 15 is 0 Å². The van der Waals surface area contributed by atoms with Crippen molar-refractivity contribution in [3.63, 3.8) is 0 Å². The third-order valence-corrected chi connectivity index (χ3v) is 1.85. The first-order chi connectivity index (χ1) is 8.81. The average molecular weight is 264 g/mol. The van der Waals surface area contributed by atoms with E-state index < -0.39 is 6.09 Å². The summed E-state index contributed by atoms with van der Waals surface area (Å²) < 4.78 is 9.92. The van der Waals surface area contributed by atoms with Crippen LogP contribution < -0.4 is 10.6 Å². The molecule has 1 amide bonds. The van der Waals surface area contributed by atoms with Crippen molar-refractivity contribution in [3.05, 3.63) is 0 Å². The molecule has 0 aromatic rings. The molecule has 0 aliphatic rings. The maximum absolute atomic E-state index is 11.1. The van der Waals surface area contributed by atoms with Crippen LogP contribution in [0.25, 0.3) is 0 Å². The van der Waals surface area contributed by atoms with E-state index in [2.05, 4.69) is 10.6 Å². The van der Waals surface area contributed by atoms with Gasteiger partial charge in [0.05, 0.1) is 19.9 Å². The van der Waals surface area contributed by atoms with Gasteiger partial charge in [-0.2, -0.15) is 0 Å². The lowest BCUT2D eigenvalue weighted by Gasteiger charge is -2.08. The molecule has 0 spiro atoms. The lowest BCUT2D eigenvalue weighted by Crippen LogP contribution is -2.35. The minimum Gasteiger partial charge on any atom is -0.450 e. The largest absolute Gasteiger partial charge is 0.450 e. The van der Waals surface area contributed by atoms with Crippen molar-refractivity contribution in [1.82, 2.24) is 10.6 Å². The van der Waals surface area contributed by atoms with Crippen LogP contribution in [0.5, 0.6) is 0 Å². The molecule has 0 heterocycles. The zero-order chi connectivity index (χ0) is 13.5. The van der Waals surface area contributed by atoms with Crippen molar-refractivity contribution in [1.29, 1.82) is 0 Å². The predicted octanol–water partition coefficient (Wildman–Crippen LogP) is 1.00. The molecule has 0 radical (unpaired) electrons. The van der Waals surface area contributed by atoms with Gasteiger partial charge in [-0.15, -0.1) is 0 Å². The summed E-state index contributed by atoms with van der Waals surface area (Å²) in [6.45, 7) is 6.37. The van der Waals surface area contributed by atoms with E-state index in [9.17, 15) is 4.79 Å². The van der Waals surface area contributed by atoms with Gasteiger partial charge in [-0.05, 0) is 13.3 Å². The van der Waals surface area contributed by atoms with Crippen LogP contribution in [0.1, 0.15) is 26.7 Å². The first-order valence-electron chi connectivity index (χ1n) is 6.24. The molecule has 7 heteroatoms. The fourth-order valence-electron chi connectivity index (χ4n) is 0.925. The van der Waals surface area contributed by atoms with Crippen LogP contribution in [0.15, 0.2) is 0 Å². The van der Waals surface area contributed by atoms with E-state index in [0.717, 1.165) is 12.8 Å². The monoisotopic (exact) mass is 264 g/mol. The molecule has 0 fully saturated rings. The maximum Gasteiger partial charge on any atom is 0.408 e. The van der Waals surface area contributed by atoms with E-state index in [0.29, 0.717) is 26.4 Å². The molecule has 0 aromatic heterocycles. The van der Waals surface area contributed by atoms with Gasteiger partial charge in [0.1, 0.15) is 13.3 Å². The second-order valence-electron chi connectivity index (χ2n) is 3.37. The number of ether oxygens (including phenoxy) is 2. The smallest absolute Gasteiger partial charge is 0.408 e. The van der Waals surface area contributed by atoms with Crippen LogP contribution in [0, 0.1) is 0 Å². The van der Waals surface area contributed by atoms with E-state index in [-0.39, 0.29) is 13.4 Å². The van der Waals surface area contributed by atoms with Crippen LogP contribution in [0.3, 0.4) is 0 Å². The van der Waals surface area contributed by atoms with E-state index in [1.165, 1.54) is 0 Å². The minimum atomic E-state index is -0.437.